The molecule has 1 saturated heterocycles. The first kappa shape index (κ1) is 14.8. The van der Waals surface area contributed by atoms with E-state index >= 15 is 0 Å². The second-order valence-electron chi connectivity index (χ2n) is 5.32. The van der Waals surface area contributed by atoms with Crippen molar-refractivity contribution in [3.8, 4) is 0 Å². The van der Waals surface area contributed by atoms with Gasteiger partial charge in [-0.15, -0.1) is 0 Å². The summed E-state index contributed by atoms with van der Waals surface area (Å²) in [5.41, 5.74) is 2.09. The first-order valence-electron chi connectivity index (χ1n) is 6.84. The van der Waals surface area contributed by atoms with Gasteiger partial charge in [-0.25, -0.2) is 0 Å². The van der Waals surface area contributed by atoms with E-state index in [1.807, 2.05) is 19.1 Å². The second-order valence-corrected chi connectivity index (χ2v) is 6.23. The number of hydrogen-bond acceptors (Lipinski definition) is 3. The van der Waals surface area contributed by atoms with Crippen molar-refractivity contribution in [1.29, 1.82) is 0 Å². The maximum atomic E-state index is 9.92. The molecule has 106 valence electrons. The van der Waals surface area contributed by atoms with Crippen LogP contribution in [0.1, 0.15) is 31.4 Å². The van der Waals surface area contributed by atoms with Crippen molar-refractivity contribution < 1.29 is 9.84 Å². The van der Waals surface area contributed by atoms with Gasteiger partial charge in [0.25, 0.3) is 0 Å². The van der Waals surface area contributed by atoms with E-state index in [-0.39, 0.29) is 0 Å². The largest absolute Gasteiger partial charge is 0.389 e. The van der Waals surface area contributed by atoms with E-state index in [1.165, 1.54) is 0 Å². The molecule has 3 nitrogen and oxygen atoms in total. The quantitative estimate of drug-likeness (QED) is 0.920. The second kappa shape index (κ2) is 6.73. The van der Waals surface area contributed by atoms with Gasteiger partial charge in [0.05, 0.1) is 6.10 Å². The predicted molar refractivity (Wildman–Crippen MR) is 81.6 cm³/mol. The molecule has 1 aromatic carbocycles. The van der Waals surface area contributed by atoms with Gasteiger partial charge in [-0.3, -0.25) is 0 Å². The number of rotatable bonds is 4. The van der Waals surface area contributed by atoms with Crippen molar-refractivity contribution in [3.05, 3.63) is 28.2 Å². The molecule has 1 aliphatic rings. The minimum Gasteiger partial charge on any atom is -0.389 e. The third-order valence-corrected chi connectivity index (χ3v) is 4.22. The van der Waals surface area contributed by atoms with Crippen LogP contribution in [0, 0.1) is 5.92 Å². The number of halogens is 1. The van der Waals surface area contributed by atoms with Crippen LogP contribution in [-0.2, 0) is 4.74 Å². The van der Waals surface area contributed by atoms with Crippen molar-refractivity contribution in [2.24, 2.45) is 5.92 Å². The van der Waals surface area contributed by atoms with Gasteiger partial charge >= 0.3 is 0 Å². The monoisotopic (exact) mass is 327 g/mol. The Labute approximate surface area is 123 Å². The predicted octanol–water partition coefficient (Wildman–Crippen LogP) is 3.37. The minimum absolute atomic E-state index is 0.454. The van der Waals surface area contributed by atoms with E-state index in [4.69, 9.17) is 4.74 Å². The summed E-state index contributed by atoms with van der Waals surface area (Å²) in [6.45, 7) is 4.59. The summed E-state index contributed by atoms with van der Waals surface area (Å²) in [6.07, 6.45) is 1.81. The maximum Gasteiger partial charge on any atom is 0.0782 e. The smallest absolute Gasteiger partial charge is 0.0782 e. The van der Waals surface area contributed by atoms with Crippen molar-refractivity contribution in [1.82, 2.24) is 0 Å². The molecule has 1 fully saturated rings. The molecule has 0 aliphatic carbocycles. The van der Waals surface area contributed by atoms with Crippen LogP contribution >= 0.6 is 15.9 Å². The lowest BCUT2D eigenvalue weighted by Crippen LogP contribution is -2.30. The van der Waals surface area contributed by atoms with Gasteiger partial charge in [0.2, 0.25) is 0 Å². The molecule has 4 heteroatoms. The van der Waals surface area contributed by atoms with Gasteiger partial charge in [-0.1, -0.05) is 15.9 Å². The van der Waals surface area contributed by atoms with Gasteiger partial charge in [-0.2, -0.15) is 0 Å². The van der Waals surface area contributed by atoms with E-state index in [0.717, 1.165) is 48.3 Å². The zero-order valence-electron chi connectivity index (χ0n) is 11.6. The molecule has 2 rings (SSSR count). The Kier molecular flexibility index (Phi) is 5.25. The molecule has 1 aromatic rings. The molecule has 1 aliphatic heterocycles. The summed E-state index contributed by atoms with van der Waals surface area (Å²) in [5, 5.41) is 9.92. The lowest BCUT2D eigenvalue weighted by atomic mass is 9.99. The third kappa shape index (κ3) is 3.94. The zero-order valence-corrected chi connectivity index (χ0v) is 13.2. The molecular weight excluding hydrogens is 306 g/mol. The Morgan fingerprint density at radius 3 is 2.74 bits per heavy atom. The van der Waals surface area contributed by atoms with Crippen LogP contribution < -0.4 is 4.90 Å². The topological polar surface area (TPSA) is 32.7 Å². The minimum atomic E-state index is -0.454. The summed E-state index contributed by atoms with van der Waals surface area (Å²) in [7, 11) is 2.10. The molecule has 1 atom stereocenters. The number of aliphatic hydroxyl groups is 1. The molecule has 19 heavy (non-hydrogen) atoms. The van der Waals surface area contributed by atoms with Crippen LogP contribution in [0.5, 0.6) is 0 Å². The summed E-state index contributed by atoms with van der Waals surface area (Å²) in [4.78, 5) is 2.25. The number of anilines is 1. The van der Waals surface area contributed by atoms with Crippen molar-refractivity contribution in [2.45, 2.75) is 25.9 Å². The SMILES string of the molecule is CC(O)c1cc(Br)ccc1N(C)CC1CCOCC1. The van der Waals surface area contributed by atoms with Crippen LogP contribution in [-0.4, -0.2) is 31.9 Å². The average Bonchev–Trinajstić information content (AvgIpc) is 2.39. The molecule has 1 heterocycles. The Morgan fingerprint density at radius 1 is 1.42 bits per heavy atom. The molecule has 1 N–H and O–H groups in total. The summed E-state index contributed by atoms with van der Waals surface area (Å²) in [6, 6.07) is 6.10. The van der Waals surface area contributed by atoms with E-state index < -0.39 is 6.10 Å². The first-order valence-corrected chi connectivity index (χ1v) is 7.63. The standard InChI is InChI=1S/C15H22BrNO2/c1-11(18)14-9-13(16)3-4-15(14)17(2)10-12-5-7-19-8-6-12/h3-4,9,11-12,18H,5-8,10H2,1-2H3. The van der Waals surface area contributed by atoms with E-state index in [0.29, 0.717) is 5.92 Å². The molecule has 1 unspecified atom stereocenters. The Hall–Kier alpha value is -0.580. The summed E-state index contributed by atoms with van der Waals surface area (Å²) < 4.78 is 6.41. The molecular formula is C15H22BrNO2. The lowest BCUT2D eigenvalue weighted by Gasteiger charge is -2.30. The maximum absolute atomic E-state index is 9.92. The number of ether oxygens (including phenoxy) is 1. The zero-order chi connectivity index (χ0) is 13.8. The lowest BCUT2D eigenvalue weighted by molar-refractivity contribution is 0.0685. The Balaban J connectivity index is 2.11. The van der Waals surface area contributed by atoms with Crippen LogP contribution in [0.3, 0.4) is 0 Å². The highest BCUT2D eigenvalue weighted by atomic mass is 79.9. The molecule has 0 amide bonds. The van der Waals surface area contributed by atoms with E-state index in [9.17, 15) is 5.11 Å². The highest BCUT2D eigenvalue weighted by Gasteiger charge is 2.18. The first-order chi connectivity index (χ1) is 9.08. The van der Waals surface area contributed by atoms with E-state index in [1.54, 1.807) is 0 Å². The Morgan fingerprint density at radius 2 is 2.11 bits per heavy atom. The van der Waals surface area contributed by atoms with Crippen LogP contribution in [0.25, 0.3) is 0 Å². The average molecular weight is 328 g/mol. The Bertz CT molecular complexity index is 417. The number of benzene rings is 1. The summed E-state index contributed by atoms with van der Waals surface area (Å²) >= 11 is 3.47. The van der Waals surface area contributed by atoms with E-state index in [2.05, 4.69) is 33.9 Å². The fourth-order valence-electron chi connectivity index (χ4n) is 2.62. The van der Waals surface area contributed by atoms with Crippen molar-refractivity contribution in [3.63, 3.8) is 0 Å². The van der Waals surface area contributed by atoms with Crippen LogP contribution in [0.4, 0.5) is 5.69 Å². The number of aliphatic hydroxyl groups excluding tert-OH is 1. The third-order valence-electron chi connectivity index (χ3n) is 3.72. The molecule has 0 saturated carbocycles. The normalized spacial score (nSPS) is 18.3. The fourth-order valence-corrected chi connectivity index (χ4v) is 3.00. The summed E-state index contributed by atoms with van der Waals surface area (Å²) in [5.74, 6) is 0.684. The number of hydrogen-bond donors (Lipinski definition) is 1. The van der Waals surface area contributed by atoms with Gasteiger partial charge < -0.3 is 14.7 Å². The van der Waals surface area contributed by atoms with Gasteiger partial charge in [0, 0.05) is 42.5 Å². The van der Waals surface area contributed by atoms with Crippen molar-refractivity contribution in [2.75, 3.05) is 31.7 Å². The van der Waals surface area contributed by atoms with Gasteiger partial charge in [0.1, 0.15) is 0 Å². The van der Waals surface area contributed by atoms with Crippen LogP contribution in [0.2, 0.25) is 0 Å². The highest BCUT2D eigenvalue weighted by Crippen LogP contribution is 2.30. The molecule has 0 spiro atoms. The van der Waals surface area contributed by atoms with Crippen LogP contribution in [0.15, 0.2) is 22.7 Å². The van der Waals surface area contributed by atoms with Gasteiger partial charge in [0.15, 0.2) is 0 Å². The highest BCUT2D eigenvalue weighted by molar-refractivity contribution is 9.10. The van der Waals surface area contributed by atoms with Gasteiger partial charge in [-0.05, 0) is 43.9 Å². The van der Waals surface area contributed by atoms with Crippen molar-refractivity contribution >= 4 is 21.6 Å². The molecule has 0 aromatic heterocycles. The molecule has 0 radical (unpaired) electrons. The number of nitrogens with zero attached hydrogens (tertiary/aromatic N) is 1. The molecule has 0 bridgehead atoms. The fraction of sp³-hybridized carbons (Fsp3) is 0.600.